The van der Waals surface area contributed by atoms with Gasteiger partial charge in [0.1, 0.15) is 30.8 Å². The Morgan fingerprint density at radius 3 is 2.79 bits per heavy atom. The number of ether oxygens (including phenoxy) is 3. The van der Waals surface area contributed by atoms with Crippen molar-refractivity contribution in [1.29, 1.82) is 0 Å². The molecule has 2 amide bonds. The Balaban J connectivity index is 1.38. The molecule has 3 aliphatic heterocycles. The molecule has 3 aliphatic rings. The molecule has 0 aliphatic carbocycles. The first-order chi connectivity index (χ1) is 15.9. The van der Waals surface area contributed by atoms with Crippen LogP contribution in [0.2, 0.25) is 0 Å². The van der Waals surface area contributed by atoms with Gasteiger partial charge in [0.25, 0.3) is 0 Å². The molecule has 0 saturated carbocycles. The first kappa shape index (κ1) is 21.6. The van der Waals surface area contributed by atoms with Crippen LogP contribution in [0, 0.1) is 5.92 Å². The topological polar surface area (TPSA) is 68.3 Å². The third kappa shape index (κ3) is 4.01. The van der Waals surface area contributed by atoms with E-state index in [0.717, 1.165) is 46.8 Å². The van der Waals surface area contributed by atoms with Gasteiger partial charge < -0.3 is 19.1 Å². The zero-order valence-electron chi connectivity index (χ0n) is 19.4. The lowest BCUT2D eigenvalue weighted by atomic mass is 9.95. The number of anilines is 1. The summed E-state index contributed by atoms with van der Waals surface area (Å²) in [5.41, 5.74) is 3.96. The fourth-order valence-corrected chi connectivity index (χ4v) is 4.85. The van der Waals surface area contributed by atoms with E-state index in [2.05, 4.69) is 19.9 Å². The first-order valence-electron chi connectivity index (χ1n) is 11.7. The van der Waals surface area contributed by atoms with Crippen LogP contribution in [0.3, 0.4) is 0 Å². The van der Waals surface area contributed by atoms with E-state index in [1.807, 2.05) is 42.2 Å². The summed E-state index contributed by atoms with van der Waals surface area (Å²) in [6.45, 7) is 8.33. The van der Waals surface area contributed by atoms with E-state index in [-0.39, 0.29) is 24.1 Å². The Kier molecular flexibility index (Phi) is 5.64. The summed E-state index contributed by atoms with van der Waals surface area (Å²) in [5, 5.41) is 0. The second-order valence-corrected chi connectivity index (χ2v) is 9.27. The highest BCUT2D eigenvalue weighted by atomic mass is 16.6. The summed E-state index contributed by atoms with van der Waals surface area (Å²) in [6, 6.07) is 12.0. The van der Waals surface area contributed by atoms with E-state index in [0.29, 0.717) is 32.1 Å². The van der Waals surface area contributed by atoms with Crippen molar-refractivity contribution in [3.05, 3.63) is 42.0 Å². The summed E-state index contributed by atoms with van der Waals surface area (Å²) in [6.07, 6.45) is 1.05. The van der Waals surface area contributed by atoms with Gasteiger partial charge in [-0.15, -0.1) is 0 Å². The molecule has 2 aromatic carbocycles. The molecule has 0 N–H and O–H groups in total. The molecule has 0 bridgehead atoms. The number of cyclic esters (lactones) is 1. The fraction of sp³-hybridized carbons (Fsp3) is 0.462. The van der Waals surface area contributed by atoms with Gasteiger partial charge in [-0.1, -0.05) is 26.8 Å². The van der Waals surface area contributed by atoms with E-state index in [9.17, 15) is 9.59 Å². The van der Waals surface area contributed by atoms with Crippen molar-refractivity contribution in [2.24, 2.45) is 5.92 Å². The highest BCUT2D eigenvalue weighted by molar-refractivity contribution is 5.92. The highest BCUT2D eigenvalue weighted by Gasteiger charge is 2.36. The Hall–Kier alpha value is -3.22. The van der Waals surface area contributed by atoms with Crippen LogP contribution in [0.4, 0.5) is 10.5 Å². The van der Waals surface area contributed by atoms with Gasteiger partial charge in [0.2, 0.25) is 5.91 Å². The van der Waals surface area contributed by atoms with Crippen molar-refractivity contribution in [2.45, 2.75) is 52.4 Å². The van der Waals surface area contributed by atoms with Gasteiger partial charge in [-0.3, -0.25) is 9.69 Å². The van der Waals surface area contributed by atoms with E-state index in [1.54, 1.807) is 4.90 Å². The quantitative estimate of drug-likeness (QED) is 0.665. The molecule has 0 aromatic heterocycles. The molecule has 7 heteroatoms. The maximum Gasteiger partial charge on any atom is 0.414 e. The number of nitrogens with zero attached hydrogens (tertiary/aromatic N) is 2. The van der Waals surface area contributed by atoms with Crippen LogP contribution in [0.1, 0.15) is 39.2 Å². The number of hydrogen-bond acceptors (Lipinski definition) is 5. The number of carbonyl (C=O) groups excluding carboxylic acids is 2. The molecule has 2 fully saturated rings. The Bertz CT molecular complexity index is 1080. The van der Waals surface area contributed by atoms with E-state index >= 15 is 0 Å². The Morgan fingerprint density at radius 2 is 2.00 bits per heavy atom. The normalized spacial score (nSPS) is 21.5. The third-order valence-electron chi connectivity index (χ3n) is 6.78. The summed E-state index contributed by atoms with van der Waals surface area (Å²) in [4.78, 5) is 28.0. The van der Waals surface area contributed by atoms with Crippen molar-refractivity contribution in [3.8, 4) is 22.6 Å². The van der Waals surface area contributed by atoms with Gasteiger partial charge >= 0.3 is 6.09 Å². The molecule has 0 spiro atoms. The lowest BCUT2D eigenvalue weighted by molar-refractivity contribution is -0.130. The number of rotatable bonds is 5. The number of carbonyl (C=O) groups is 2. The van der Waals surface area contributed by atoms with Crippen LogP contribution in [-0.2, 0) is 16.1 Å². The summed E-state index contributed by atoms with van der Waals surface area (Å²) in [5.74, 6) is 1.97. The van der Waals surface area contributed by atoms with Crippen LogP contribution in [-0.4, -0.2) is 48.7 Å². The maximum atomic E-state index is 12.4. The number of amides is 2. The predicted octanol–water partition coefficient (Wildman–Crippen LogP) is 4.62. The minimum Gasteiger partial charge on any atom is -0.488 e. The maximum absolute atomic E-state index is 12.4. The zero-order valence-corrected chi connectivity index (χ0v) is 19.4. The van der Waals surface area contributed by atoms with Crippen molar-refractivity contribution in [2.75, 3.05) is 24.6 Å². The fourth-order valence-electron chi connectivity index (χ4n) is 4.85. The predicted molar refractivity (Wildman–Crippen MR) is 125 cm³/mol. The number of benzene rings is 2. The second-order valence-electron chi connectivity index (χ2n) is 9.27. The molecule has 3 heterocycles. The van der Waals surface area contributed by atoms with Crippen LogP contribution < -0.4 is 14.4 Å². The summed E-state index contributed by atoms with van der Waals surface area (Å²) < 4.78 is 17.5. The summed E-state index contributed by atoms with van der Waals surface area (Å²) in [7, 11) is 0. The highest BCUT2D eigenvalue weighted by Crippen LogP contribution is 2.42. The molecule has 174 valence electrons. The van der Waals surface area contributed by atoms with Crippen molar-refractivity contribution < 1.29 is 23.8 Å². The molecular formula is C26H30N2O5. The molecule has 0 radical (unpaired) electrons. The van der Waals surface area contributed by atoms with Crippen molar-refractivity contribution in [1.82, 2.24) is 4.90 Å². The van der Waals surface area contributed by atoms with Gasteiger partial charge in [-0.05, 0) is 41.3 Å². The van der Waals surface area contributed by atoms with E-state index in [4.69, 9.17) is 14.2 Å². The van der Waals surface area contributed by atoms with Gasteiger partial charge in [-0.2, -0.15) is 0 Å². The van der Waals surface area contributed by atoms with Gasteiger partial charge in [-0.25, -0.2) is 4.79 Å². The zero-order chi connectivity index (χ0) is 23.1. The lowest BCUT2D eigenvalue weighted by Gasteiger charge is -2.27. The largest absolute Gasteiger partial charge is 0.488 e. The summed E-state index contributed by atoms with van der Waals surface area (Å²) >= 11 is 0. The minimum atomic E-state index is -0.295. The Morgan fingerprint density at radius 1 is 1.15 bits per heavy atom. The minimum absolute atomic E-state index is 0.00447. The number of fused-ring (bicyclic) bond motifs is 3. The average molecular weight is 451 g/mol. The lowest BCUT2D eigenvalue weighted by Crippen LogP contribution is -2.37. The standard InChI is InChI=1S/C26H30N2O5/c1-4-25(29)27-10-9-20(13-27)33-19-7-8-21-22-11-18(6-5-17(22)14-31-24(21)12-19)28-23(16(2)3)15-32-26(28)30/h5-8,11-12,16,20,23H,4,9-10,13-15H2,1-3H3/t20-,23-/m0/s1. The number of hydrogen-bond donors (Lipinski definition) is 0. The first-order valence-corrected chi connectivity index (χ1v) is 11.7. The van der Waals surface area contributed by atoms with E-state index in [1.165, 1.54) is 0 Å². The molecule has 33 heavy (non-hydrogen) atoms. The smallest absolute Gasteiger partial charge is 0.414 e. The molecular weight excluding hydrogens is 420 g/mol. The van der Waals surface area contributed by atoms with Gasteiger partial charge in [0.05, 0.1) is 12.6 Å². The monoisotopic (exact) mass is 450 g/mol. The Labute approximate surface area is 194 Å². The van der Waals surface area contributed by atoms with Crippen LogP contribution in [0.5, 0.6) is 11.5 Å². The van der Waals surface area contributed by atoms with Crippen LogP contribution in [0.25, 0.3) is 11.1 Å². The third-order valence-corrected chi connectivity index (χ3v) is 6.78. The van der Waals surface area contributed by atoms with Crippen LogP contribution in [0.15, 0.2) is 36.4 Å². The van der Waals surface area contributed by atoms with Crippen molar-refractivity contribution in [3.63, 3.8) is 0 Å². The van der Waals surface area contributed by atoms with Crippen LogP contribution >= 0.6 is 0 Å². The molecule has 0 unspecified atom stereocenters. The molecule has 7 nitrogen and oxygen atoms in total. The number of likely N-dealkylation sites (tertiary alicyclic amines) is 1. The molecule has 2 aromatic rings. The molecule has 2 atom stereocenters. The molecule has 5 rings (SSSR count). The molecule has 2 saturated heterocycles. The van der Waals surface area contributed by atoms with Crippen molar-refractivity contribution >= 4 is 17.7 Å². The average Bonchev–Trinajstić information content (AvgIpc) is 3.44. The SMILES string of the molecule is CCC(=O)N1CC[C@H](Oc2ccc3c(c2)OCc2ccc(N4C(=O)OC[C@H]4C(C)C)cc2-3)C1. The van der Waals surface area contributed by atoms with Gasteiger partial charge in [0, 0.05) is 36.7 Å². The second kappa shape index (κ2) is 8.61. The van der Waals surface area contributed by atoms with Gasteiger partial charge in [0.15, 0.2) is 0 Å². The van der Waals surface area contributed by atoms with E-state index < -0.39 is 0 Å².